The first-order chi connectivity index (χ1) is 15.4. The maximum atomic E-state index is 12.2. The molecule has 4 aromatic rings. The minimum absolute atomic E-state index is 0.0176. The largest absolute Gasteiger partial charge is 0.490 e. The second-order valence-electron chi connectivity index (χ2n) is 8.88. The van der Waals surface area contributed by atoms with Gasteiger partial charge in [-0.1, -0.05) is 24.3 Å². The van der Waals surface area contributed by atoms with Gasteiger partial charge in [-0.2, -0.15) is 0 Å². The number of fused-ring (bicyclic) bond motifs is 2. The topological polar surface area (TPSA) is 93.0 Å². The summed E-state index contributed by atoms with van der Waals surface area (Å²) in [5.41, 5.74) is 11.9. The number of nitrogens with zero attached hydrogens (tertiary/aromatic N) is 1. The lowest BCUT2D eigenvalue weighted by atomic mass is 9.85. The van der Waals surface area contributed by atoms with E-state index in [1.165, 1.54) is 10.9 Å². The highest BCUT2D eigenvalue weighted by molar-refractivity contribution is 6.06. The van der Waals surface area contributed by atoms with Crippen LogP contribution in [0.3, 0.4) is 0 Å². The molecule has 0 spiro atoms. The Bertz CT molecular complexity index is 1310. The van der Waals surface area contributed by atoms with Crippen molar-refractivity contribution in [3.63, 3.8) is 0 Å². The Morgan fingerprint density at radius 1 is 1.09 bits per heavy atom. The first-order valence-electron chi connectivity index (χ1n) is 10.8. The van der Waals surface area contributed by atoms with Gasteiger partial charge < -0.3 is 20.8 Å². The number of ether oxygens (including phenoxy) is 1. The van der Waals surface area contributed by atoms with Crippen LogP contribution in [0, 0.1) is 0 Å². The van der Waals surface area contributed by atoms with Gasteiger partial charge in [0.2, 0.25) is 5.91 Å². The highest BCUT2D eigenvalue weighted by Gasteiger charge is 2.38. The zero-order valence-corrected chi connectivity index (χ0v) is 18.2. The second kappa shape index (κ2) is 7.80. The molecule has 1 atom stereocenters. The molecule has 5 rings (SSSR count). The van der Waals surface area contributed by atoms with Crippen molar-refractivity contribution in [1.82, 2.24) is 9.97 Å². The fourth-order valence-electron chi connectivity index (χ4n) is 4.25. The summed E-state index contributed by atoms with van der Waals surface area (Å²) in [5.74, 6) is 0.690. The van der Waals surface area contributed by atoms with Crippen LogP contribution in [-0.2, 0) is 16.6 Å². The SMILES string of the molecule is CC1(C)C(=O)Nc2ccc(-c3cncc(OC[C@H](N)Cc4c[nH]c5ccccc45)c3)cc21. The highest BCUT2D eigenvalue weighted by atomic mass is 16.5. The maximum absolute atomic E-state index is 12.2. The van der Waals surface area contributed by atoms with E-state index in [0.717, 1.165) is 34.3 Å². The van der Waals surface area contributed by atoms with Gasteiger partial charge in [0, 0.05) is 40.6 Å². The predicted octanol–water partition coefficient (Wildman–Crippen LogP) is 4.41. The first-order valence-corrected chi connectivity index (χ1v) is 10.8. The van der Waals surface area contributed by atoms with Gasteiger partial charge in [-0.25, -0.2) is 0 Å². The Morgan fingerprint density at radius 2 is 1.94 bits per heavy atom. The van der Waals surface area contributed by atoms with Crippen molar-refractivity contribution < 1.29 is 9.53 Å². The van der Waals surface area contributed by atoms with Crippen LogP contribution in [-0.4, -0.2) is 28.5 Å². The van der Waals surface area contributed by atoms with E-state index in [9.17, 15) is 4.79 Å². The molecule has 1 amide bonds. The number of benzene rings is 2. The number of H-pyrrole nitrogens is 1. The van der Waals surface area contributed by atoms with E-state index in [-0.39, 0.29) is 11.9 Å². The molecule has 0 saturated heterocycles. The van der Waals surface area contributed by atoms with Gasteiger partial charge >= 0.3 is 0 Å². The van der Waals surface area contributed by atoms with Gasteiger partial charge in [-0.15, -0.1) is 0 Å². The van der Waals surface area contributed by atoms with E-state index in [0.29, 0.717) is 12.4 Å². The van der Waals surface area contributed by atoms with Gasteiger partial charge in [0.25, 0.3) is 0 Å². The summed E-state index contributed by atoms with van der Waals surface area (Å²) in [6.45, 7) is 4.26. The summed E-state index contributed by atoms with van der Waals surface area (Å²) in [4.78, 5) is 19.9. The third kappa shape index (κ3) is 3.63. The summed E-state index contributed by atoms with van der Waals surface area (Å²) in [6, 6.07) is 16.0. The first kappa shape index (κ1) is 20.3. The number of carbonyl (C=O) groups excluding carboxylic acids is 1. The maximum Gasteiger partial charge on any atom is 0.234 e. The van der Waals surface area contributed by atoms with Crippen LogP contribution in [0.15, 0.2) is 67.1 Å². The zero-order chi connectivity index (χ0) is 22.3. The molecule has 3 heterocycles. The summed E-state index contributed by atoms with van der Waals surface area (Å²) < 4.78 is 5.98. The predicted molar refractivity (Wildman–Crippen MR) is 127 cm³/mol. The molecule has 32 heavy (non-hydrogen) atoms. The fourth-order valence-corrected chi connectivity index (χ4v) is 4.25. The molecule has 0 saturated carbocycles. The number of para-hydroxylation sites is 1. The van der Waals surface area contributed by atoms with Crippen LogP contribution in [0.5, 0.6) is 5.75 Å². The standard InChI is InChI=1S/C26H26N4O2/c1-26(2)22-11-16(7-8-24(22)30-25(26)31)17-10-20(14-28-12-17)32-15-19(27)9-18-13-29-23-6-4-3-5-21(18)23/h3-8,10-14,19,29H,9,15,27H2,1-2H3,(H,30,31)/t19-/m1/s1. The zero-order valence-electron chi connectivity index (χ0n) is 18.2. The lowest BCUT2D eigenvalue weighted by Crippen LogP contribution is -2.30. The van der Waals surface area contributed by atoms with Crippen molar-refractivity contribution >= 4 is 22.5 Å². The van der Waals surface area contributed by atoms with Crippen LogP contribution in [0.1, 0.15) is 25.0 Å². The van der Waals surface area contributed by atoms with Crippen LogP contribution in [0.4, 0.5) is 5.69 Å². The normalized spacial score (nSPS) is 15.4. The molecule has 4 N–H and O–H groups in total. The quantitative estimate of drug-likeness (QED) is 0.426. The van der Waals surface area contributed by atoms with Crippen molar-refractivity contribution in [2.45, 2.75) is 31.7 Å². The van der Waals surface area contributed by atoms with Gasteiger partial charge in [0.05, 0.1) is 11.6 Å². The number of aromatic nitrogens is 2. The lowest BCUT2D eigenvalue weighted by molar-refractivity contribution is -0.119. The Labute approximate surface area is 186 Å². The van der Waals surface area contributed by atoms with Crippen LogP contribution in [0.2, 0.25) is 0 Å². The molecule has 2 aromatic heterocycles. The van der Waals surface area contributed by atoms with E-state index in [1.807, 2.05) is 50.4 Å². The van der Waals surface area contributed by atoms with Gasteiger partial charge in [-0.3, -0.25) is 9.78 Å². The number of pyridine rings is 1. The number of amides is 1. The van der Waals surface area contributed by atoms with Crippen molar-refractivity contribution in [1.29, 1.82) is 0 Å². The molecular formula is C26H26N4O2. The Hall–Kier alpha value is -3.64. The molecule has 6 nitrogen and oxygen atoms in total. The summed E-state index contributed by atoms with van der Waals surface area (Å²) in [6.07, 6.45) is 6.24. The summed E-state index contributed by atoms with van der Waals surface area (Å²) in [7, 11) is 0. The smallest absolute Gasteiger partial charge is 0.234 e. The Kier molecular flexibility index (Phi) is 4.94. The number of anilines is 1. The number of carbonyl (C=O) groups is 1. The number of aromatic amines is 1. The van der Waals surface area contributed by atoms with Crippen LogP contribution >= 0.6 is 0 Å². The molecular weight excluding hydrogens is 400 g/mol. The van der Waals surface area contributed by atoms with Crippen molar-refractivity contribution in [2.24, 2.45) is 5.73 Å². The molecule has 1 aliphatic rings. The summed E-state index contributed by atoms with van der Waals surface area (Å²) >= 11 is 0. The van der Waals surface area contributed by atoms with Crippen LogP contribution < -0.4 is 15.8 Å². The van der Waals surface area contributed by atoms with Gasteiger partial charge in [-0.05, 0) is 61.2 Å². The Balaban J connectivity index is 1.29. The van der Waals surface area contributed by atoms with E-state index in [4.69, 9.17) is 10.5 Å². The minimum Gasteiger partial charge on any atom is -0.490 e. The molecule has 0 bridgehead atoms. The molecule has 1 aliphatic heterocycles. The second-order valence-corrected chi connectivity index (χ2v) is 8.88. The molecule has 0 unspecified atom stereocenters. The molecule has 0 fully saturated rings. The molecule has 162 valence electrons. The van der Waals surface area contributed by atoms with Gasteiger partial charge in [0.15, 0.2) is 0 Å². The van der Waals surface area contributed by atoms with Crippen molar-refractivity contribution in [3.8, 4) is 16.9 Å². The Morgan fingerprint density at radius 3 is 2.81 bits per heavy atom. The number of nitrogens with one attached hydrogen (secondary N) is 2. The molecule has 6 heteroatoms. The minimum atomic E-state index is -0.554. The van der Waals surface area contributed by atoms with E-state index in [1.54, 1.807) is 12.4 Å². The number of hydrogen-bond acceptors (Lipinski definition) is 4. The van der Waals surface area contributed by atoms with E-state index in [2.05, 4.69) is 33.5 Å². The highest BCUT2D eigenvalue weighted by Crippen LogP contribution is 2.39. The van der Waals surface area contributed by atoms with E-state index >= 15 is 0 Å². The number of hydrogen-bond donors (Lipinski definition) is 3. The van der Waals surface area contributed by atoms with E-state index < -0.39 is 5.41 Å². The average molecular weight is 427 g/mol. The average Bonchev–Trinajstić information content (AvgIpc) is 3.30. The van der Waals surface area contributed by atoms with Crippen LogP contribution in [0.25, 0.3) is 22.0 Å². The molecule has 0 radical (unpaired) electrons. The molecule has 2 aromatic carbocycles. The lowest BCUT2D eigenvalue weighted by Gasteiger charge is -2.16. The number of rotatable bonds is 6. The van der Waals surface area contributed by atoms with Gasteiger partial charge in [0.1, 0.15) is 12.4 Å². The van der Waals surface area contributed by atoms with Crippen molar-refractivity contribution in [2.75, 3.05) is 11.9 Å². The fraction of sp³-hybridized carbons (Fsp3) is 0.231. The summed E-state index contributed by atoms with van der Waals surface area (Å²) in [5, 5.41) is 4.14. The third-order valence-electron chi connectivity index (χ3n) is 6.18. The van der Waals surface area contributed by atoms with Crippen molar-refractivity contribution in [3.05, 3.63) is 78.2 Å². The monoisotopic (exact) mass is 426 g/mol. The third-order valence-corrected chi connectivity index (χ3v) is 6.18. The number of nitrogens with two attached hydrogens (primary N) is 1. The molecule has 0 aliphatic carbocycles.